The van der Waals surface area contributed by atoms with Crippen molar-refractivity contribution in [2.24, 2.45) is 10.7 Å². The minimum absolute atomic E-state index is 0.144. The summed E-state index contributed by atoms with van der Waals surface area (Å²) in [6.45, 7) is 11.9. The molecular weight excluding hydrogens is 320 g/mol. The Labute approximate surface area is 150 Å². The van der Waals surface area contributed by atoms with E-state index in [9.17, 15) is 8.78 Å². The Hall–Kier alpha value is -2.04. The molecule has 0 spiro atoms. The first kappa shape index (κ1) is 23.0. The predicted octanol–water partition coefficient (Wildman–Crippen LogP) is 5.66. The van der Waals surface area contributed by atoms with Gasteiger partial charge in [-0.1, -0.05) is 31.9 Å². The lowest BCUT2D eigenvalue weighted by Crippen LogP contribution is -2.11. The fourth-order valence-corrected chi connectivity index (χ4v) is 2.06. The summed E-state index contributed by atoms with van der Waals surface area (Å²) in [4.78, 5) is 7.86. The summed E-state index contributed by atoms with van der Waals surface area (Å²) in [7, 11) is 0. The van der Waals surface area contributed by atoms with Gasteiger partial charge in [-0.15, -0.1) is 0 Å². The van der Waals surface area contributed by atoms with Gasteiger partial charge >= 0.3 is 0 Å². The predicted molar refractivity (Wildman–Crippen MR) is 103 cm³/mol. The molecule has 0 aromatic carbocycles. The molecule has 140 valence electrons. The molecular formula is C20H31F2N3. The number of alkyl halides is 2. The third-order valence-electron chi connectivity index (χ3n) is 3.44. The molecule has 0 aliphatic carbocycles. The number of aromatic nitrogens is 1. The van der Waals surface area contributed by atoms with Gasteiger partial charge in [-0.2, -0.15) is 0 Å². The van der Waals surface area contributed by atoms with Crippen LogP contribution in [0, 0.1) is 20.8 Å². The molecule has 25 heavy (non-hydrogen) atoms. The van der Waals surface area contributed by atoms with Gasteiger partial charge in [0.05, 0.1) is 0 Å². The van der Waals surface area contributed by atoms with Gasteiger partial charge in [-0.3, -0.25) is 4.98 Å². The first-order chi connectivity index (χ1) is 11.7. The van der Waals surface area contributed by atoms with Crippen LogP contribution >= 0.6 is 0 Å². The summed E-state index contributed by atoms with van der Waals surface area (Å²) in [5.74, 6) is 0.144. The Morgan fingerprint density at radius 2 is 1.88 bits per heavy atom. The number of pyridine rings is 1. The first-order valence-corrected chi connectivity index (χ1v) is 8.60. The molecule has 0 aliphatic heterocycles. The Bertz CT molecular complexity index is 617. The summed E-state index contributed by atoms with van der Waals surface area (Å²) in [5.41, 5.74) is 10.1. The van der Waals surface area contributed by atoms with Crippen LogP contribution in [0.5, 0.6) is 0 Å². The quantitative estimate of drug-likeness (QED) is 0.531. The number of aliphatic imine (C=N–C) groups is 1. The molecule has 0 saturated carbocycles. The first-order valence-electron chi connectivity index (χ1n) is 8.60. The van der Waals surface area contributed by atoms with E-state index >= 15 is 0 Å². The molecule has 1 heterocycles. The second-order valence-corrected chi connectivity index (χ2v) is 6.03. The second-order valence-electron chi connectivity index (χ2n) is 6.03. The Morgan fingerprint density at radius 1 is 1.24 bits per heavy atom. The molecule has 3 nitrogen and oxygen atoms in total. The maximum atomic E-state index is 12.5. The molecule has 5 heteroatoms. The number of nitrogens with two attached hydrogens (primary N) is 1. The minimum atomic E-state index is -2.57. The number of allylic oxidation sites excluding steroid dienone is 3. The highest BCUT2D eigenvalue weighted by Gasteiger charge is 2.09. The van der Waals surface area contributed by atoms with E-state index in [-0.39, 0.29) is 11.5 Å². The fourth-order valence-electron chi connectivity index (χ4n) is 2.06. The number of rotatable bonds is 6. The van der Waals surface area contributed by atoms with Crippen LogP contribution in [-0.4, -0.2) is 17.2 Å². The maximum absolute atomic E-state index is 12.5. The Kier molecular flexibility index (Phi) is 11.3. The Balaban J connectivity index is 0.000000535. The average Bonchev–Trinajstić information content (AvgIpc) is 2.51. The van der Waals surface area contributed by atoms with Crippen molar-refractivity contribution in [1.82, 2.24) is 4.98 Å². The SMILES string of the molecule is CC\C=C(/N=C(N)/C=C(\C)CCC)C(F)F.Cc1cc(C)c(C)cn1. The highest BCUT2D eigenvalue weighted by atomic mass is 19.3. The number of halogens is 2. The summed E-state index contributed by atoms with van der Waals surface area (Å²) in [5, 5.41) is 0. The molecule has 1 rings (SSSR count). The number of aryl methyl sites for hydroxylation is 3. The zero-order valence-electron chi connectivity index (χ0n) is 16.2. The molecule has 0 saturated heterocycles. The van der Waals surface area contributed by atoms with Gasteiger partial charge in [-0.05, 0) is 63.8 Å². The van der Waals surface area contributed by atoms with Crippen LogP contribution in [-0.2, 0) is 0 Å². The Morgan fingerprint density at radius 3 is 2.32 bits per heavy atom. The van der Waals surface area contributed by atoms with Crippen molar-refractivity contribution in [1.29, 1.82) is 0 Å². The normalized spacial score (nSPS) is 12.9. The minimum Gasteiger partial charge on any atom is -0.384 e. The van der Waals surface area contributed by atoms with Crippen molar-refractivity contribution in [3.8, 4) is 0 Å². The van der Waals surface area contributed by atoms with Crippen molar-refractivity contribution >= 4 is 5.84 Å². The van der Waals surface area contributed by atoms with Crippen LogP contribution in [0.1, 0.15) is 56.9 Å². The van der Waals surface area contributed by atoms with Crippen LogP contribution in [0.2, 0.25) is 0 Å². The van der Waals surface area contributed by atoms with Gasteiger partial charge in [0.15, 0.2) is 0 Å². The highest BCUT2D eigenvalue weighted by Crippen LogP contribution is 2.11. The van der Waals surface area contributed by atoms with Crippen molar-refractivity contribution in [3.63, 3.8) is 0 Å². The molecule has 2 N–H and O–H groups in total. The average molecular weight is 351 g/mol. The van der Waals surface area contributed by atoms with E-state index in [1.165, 1.54) is 17.2 Å². The molecule has 1 aromatic heterocycles. The van der Waals surface area contributed by atoms with Crippen LogP contribution in [0.3, 0.4) is 0 Å². The summed E-state index contributed by atoms with van der Waals surface area (Å²) < 4.78 is 25.0. The van der Waals surface area contributed by atoms with Gasteiger partial charge in [0, 0.05) is 11.9 Å². The van der Waals surface area contributed by atoms with Crippen molar-refractivity contribution < 1.29 is 8.78 Å². The van der Waals surface area contributed by atoms with E-state index in [4.69, 9.17) is 5.73 Å². The molecule has 0 amide bonds. The lowest BCUT2D eigenvalue weighted by Gasteiger charge is -2.02. The third-order valence-corrected chi connectivity index (χ3v) is 3.44. The van der Waals surface area contributed by atoms with Gasteiger partial charge in [-0.25, -0.2) is 13.8 Å². The third kappa shape index (κ3) is 10.4. The molecule has 0 unspecified atom stereocenters. The van der Waals surface area contributed by atoms with Crippen LogP contribution in [0.15, 0.2) is 40.7 Å². The smallest absolute Gasteiger partial charge is 0.280 e. The second kappa shape index (κ2) is 12.3. The standard InChI is InChI=1S/C12H20F2N2.C8H11N/c1-4-6-9(3)8-11(15)16-10(7-5-2)12(13)14;1-6-4-8(3)9-5-7(6)2/h7-8,12H,4-6H2,1-3H3,(H2,15,16);4-5H,1-3H3/b9-8+,10-7-;. The molecule has 0 radical (unpaired) electrons. The van der Waals surface area contributed by atoms with E-state index < -0.39 is 6.43 Å². The molecule has 0 bridgehead atoms. The van der Waals surface area contributed by atoms with Crippen molar-refractivity contribution in [2.75, 3.05) is 0 Å². The topological polar surface area (TPSA) is 51.3 Å². The van der Waals surface area contributed by atoms with Crippen LogP contribution < -0.4 is 5.73 Å². The monoisotopic (exact) mass is 351 g/mol. The number of hydrogen-bond acceptors (Lipinski definition) is 2. The van der Waals surface area contributed by atoms with Crippen LogP contribution in [0.25, 0.3) is 0 Å². The lowest BCUT2D eigenvalue weighted by atomic mass is 10.1. The molecule has 0 aliphatic rings. The van der Waals surface area contributed by atoms with Crippen molar-refractivity contribution in [3.05, 3.63) is 52.5 Å². The summed E-state index contributed by atoms with van der Waals surface area (Å²) in [6.07, 6.45) is 4.80. The number of amidine groups is 1. The number of hydrogen-bond donors (Lipinski definition) is 1. The summed E-state index contributed by atoms with van der Waals surface area (Å²) in [6, 6.07) is 2.09. The van der Waals surface area contributed by atoms with E-state index in [2.05, 4.69) is 29.9 Å². The molecule has 0 fully saturated rings. The largest absolute Gasteiger partial charge is 0.384 e. The van der Waals surface area contributed by atoms with Gasteiger partial charge in [0.1, 0.15) is 11.5 Å². The maximum Gasteiger partial charge on any atom is 0.280 e. The van der Waals surface area contributed by atoms with E-state index in [0.717, 1.165) is 24.1 Å². The highest BCUT2D eigenvalue weighted by molar-refractivity contribution is 5.92. The summed E-state index contributed by atoms with van der Waals surface area (Å²) >= 11 is 0. The van der Waals surface area contributed by atoms with Crippen LogP contribution in [0.4, 0.5) is 8.78 Å². The van der Waals surface area contributed by atoms with Gasteiger partial charge in [0.2, 0.25) is 0 Å². The van der Waals surface area contributed by atoms with Gasteiger partial charge in [0.25, 0.3) is 6.43 Å². The van der Waals surface area contributed by atoms with Crippen molar-refractivity contribution in [2.45, 2.75) is 67.2 Å². The zero-order valence-corrected chi connectivity index (χ0v) is 16.2. The van der Waals surface area contributed by atoms with E-state index in [1.807, 2.05) is 27.0 Å². The van der Waals surface area contributed by atoms with Gasteiger partial charge < -0.3 is 5.73 Å². The fraction of sp³-hybridized carbons (Fsp3) is 0.500. The zero-order chi connectivity index (χ0) is 19.4. The number of nitrogens with zero attached hydrogens (tertiary/aromatic N) is 2. The molecule has 1 aromatic rings. The molecule has 0 atom stereocenters. The lowest BCUT2D eigenvalue weighted by molar-refractivity contribution is 0.188. The van der Waals surface area contributed by atoms with E-state index in [1.54, 1.807) is 13.0 Å². The van der Waals surface area contributed by atoms with E-state index in [0.29, 0.717) is 6.42 Å².